The summed E-state index contributed by atoms with van der Waals surface area (Å²) in [5.41, 5.74) is 0.974. The van der Waals surface area contributed by atoms with Gasteiger partial charge in [0.1, 0.15) is 0 Å². The van der Waals surface area contributed by atoms with Gasteiger partial charge in [-0.2, -0.15) is 8.78 Å². The number of benzene rings is 1. The fourth-order valence-corrected chi connectivity index (χ4v) is 1.63. The van der Waals surface area contributed by atoms with Crippen LogP contribution < -0.4 is 14.8 Å². The largest absolute Gasteiger partial charge is 0.493 e. The van der Waals surface area contributed by atoms with Crippen LogP contribution >= 0.6 is 0 Å². The second-order valence-corrected chi connectivity index (χ2v) is 3.96. The van der Waals surface area contributed by atoms with Crippen molar-refractivity contribution in [3.63, 3.8) is 0 Å². The minimum absolute atomic E-state index is 0.0546. The zero-order valence-electron chi connectivity index (χ0n) is 10.9. The number of nitrogens with one attached hydrogen (secondary N) is 1. The zero-order chi connectivity index (χ0) is 13.5. The molecule has 0 aliphatic heterocycles. The number of alkyl halides is 2. The molecule has 0 saturated heterocycles. The second kappa shape index (κ2) is 7.16. The molecule has 0 heterocycles. The molecule has 1 aromatic carbocycles. The summed E-state index contributed by atoms with van der Waals surface area (Å²) in [6.07, 6.45) is 1.04. The molecule has 1 unspecified atom stereocenters. The summed E-state index contributed by atoms with van der Waals surface area (Å²) >= 11 is 0. The number of methoxy groups -OCH3 is 1. The van der Waals surface area contributed by atoms with Crippen molar-refractivity contribution < 1.29 is 18.3 Å². The normalized spacial score (nSPS) is 12.6. The molecule has 3 nitrogen and oxygen atoms in total. The van der Waals surface area contributed by atoms with Crippen molar-refractivity contribution in [1.82, 2.24) is 5.32 Å². The molecule has 0 aliphatic rings. The number of halogens is 2. The number of rotatable bonds is 7. The maximum atomic E-state index is 12.2. The first kappa shape index (κ1) is 14.7. The molecule has 0 aromatic heterocycles. The third-order valence-corrected chi connectivity index (χ3v) is 2.60. The van der Waals surface area contributed by atoms with Gasteiger partial charge in [-0.05, 0) is 37.6 Å². The number of hydrogen-bond donors (Lipinski definition) is 1. The third-order valence-electron chi connectivity index (χ3n) is 2.60. The summed E-state index contributed by atoms with van der Waals surface area (Å²) in [5, 5.41) is 3.32. The minimum atomic E-state index is -2.85. The van der Waals surface area contributed by atoms with Crippen molar-refractivity contribution >= 4 is 0 Å². The Hall–Kier alpha value is -1.36. The van der Waals surface area contributed by atoms with Crippen molar-refractivity contribution in [2.75, 3.05) is 13.7 Å². The Labute approximate surface area is 106 Å². The molecule has 1 atom stereocenters. The van der Waals surface area contributed by atoms with Crippen LogP contribution in [-0.2, 0) is 0 Å². The maximum absolute atomic E-state index is 12.2. The van der Waals surface area contributed by atoms with Crippen LogP contribution in [0, 0.1) is 0 Å². The molecule has 1 rings (SSSR count). The molecular weight excluding hydrogens is 240 g/mol. The van der Waals surface area contributed by atoms with Crippen LogP contribution in [0.4, 0.5) is 8.78 Å². The maximum Gasteiger partial charge on any atom is 0.387 e. The van der Waals surface area contributed by atoms with Crippen molar-refractivity contribution in [1.29, 1.82) is 0 Å². The lowest BCUT2D eigenvalue weighted by Crippen LogP contribution is -2.19. The van der Waals surface area contributed by atoms with E-state index in [2.05, 4.69) is 17.0 Å². The summed E-state index contributed by atoms with van der Waals surface area (Å²) in [5.74, 6) is 0.372. The Balaban J connectivity index is 2.83. The van der Waals surface area contributed by atoms with E-state index < -0.39 is 6.61 Å². The first-order valence-corrected chi connectivity index (χ1v) is 5.94. The van der Waals surface area contributed by atoms with E-state index in [-0.39, 0.29) is 11.8 Å². The Morgan fingerprint density at radius 2 is 2.00 bits per heavy atom. The van der Waals surface area contributed by atoms with E-state index in [9.17, 15) is 8.78 Å². The van der Waals surface area contributed by atoms with Gasteiger partial charge in [0.25, 0.3) is 0 Å². The van der Waals surface area contributed by atoms with E-state index in [0.29, 0.717) is 5.75 Å². The van der Waals surface area contributed by atoms with E-state index in [1.165, 1.54) is 13.2 Å². The summed E-state index contributed by atoms with van der Waals surface area (Å²) in [6.45, 7) is 2.15. The molecular formula is C13H19F2NO2. The van der Waals surface area contributed by atoms with Crippen LogP contribution in [-0.4, -0.2) is 20.3 Å². The molecule has 18 heavy (non-hydrogen) atoms. The number of ether oxygens (including phenoxy) is 2. The smallest absolute Gasteiger partial charge is 0.387 e. The second-order valence-electron chi connectivity index (χ2n) is 3.96. The lowest BCUT2D eigenvalue weighted by atomic mass is 10.1. The molecule has 102 valence electrons. The van der Waals surface area contributed by atoms with Crippen molar-refractivity contribution in [2.45, 2.75) is 32.9 Å². The minimum Gasteiger partial charge on any atom is -0.493 e. The summed E-state index contributed by atoms with van der Waals surface area (Å²) in [4.78, 5) is 0. The van der Waals surface area contributed by atoms with Crippen LogP contribution in [0.2, 0.25) is 0 Å². The number of hydrogen-bond acceptors (Lipinski definition) is 3. The highest BCUT2D eigenvalue weighted by Gasteiger charge is 2.13. The summed E-state index contributed by atoms with van der Waals surface area (Å²) in [6, 6.07) is 5.11. The van der Waals surface area contributed by atoms with Crippen LogP contribution in [0.3, 0.4) is 0 Å². The molecule has 0 radical (unpaired) electrons. The molecule has 1 aromatic rings. The molecule has 0 spiro atoms. The molecule has 0 amide bonds. The van der Waals surface area contributed by atoms with Crippen LogP contribution in [0.15, 0.2) is 18.2 Å². The highest BCUT2D eigenvalue weighted by Crippen LogP contribution is 2.31. The Kier molecular flexibility index (Phi) is 5.85. The molecule has 0 fully saturated rings. The first-order valence-electron chi connectivity index (χ1n) is 5.94. The van der Waals surface area contributed by atoms with Gasteiger partial charge in [-0.15, -0.1) is 0 Å². The van der Waals surface area contributed by atoms with Gasteiger partial charge in [0, 0.05) is 6.04 Å². The van der Waals surface area contributed by atoms with E-state index in [1.54, 1.807) is 12.1 Å². The topological polar surface area (TPSA) is 30.5 Å². The average molecular weight is 259 g/mol. The lowest BCUT2D eigenvalue weighted by Gasteiger charge is -2.16. The third kappa shape index (κ3) is 4.14. The van der Waals surface area contributed by atoms with E-state index in [1.807, 2.05) is 6.92 Å². The van der Waals surface area contributed by atoms with Crippen LogP contribution in [0.1, 0.15) is 31.9 Å². The van der Waals surface area contributed by atoms with Crippen molar-refractivity contribution in [3.8, 4) is 11.5 Å². The van der Waals surface area contributed by atoms with Gasteiger partial charge < -0.3 is 14.8 Å². The van der Waals surface area contributed by atoms with Crippen molar-refractivity contribution in [2.24, 2.45) is 0 Å². The standard InChI is InChI=1S/C13H19F2NO2/c1-4-7-16-9(2)10-5-6-11(18-13(14)15)12(8-10)17-3/h5-6,8-9,13,16H,4,7H2,1-3H3. The van der Waals surface area contributed by atoms with E-state index in [4.69, 9.17) is 4.74 Å². The van der Waals surface area contributed by atoms with Crippen LogP contribution in [0.5, 0.6) is 11.5 Å². The Bertz CT molecular complexity index is 372. The van der Waals surface area contributed by atoms with Gasteiger partial charge in [-0.3, -0.25) is 0 Å². The average Bonchev–Trinajstić information content (AvgIpc) is 2.35. The molecule has 1 N–H and O–H groups in total. The van der Waals surface area contributed by atoms with Crippen LogP contribution in [0.25, 0.3) is 0 Å². The van der Waals surface area contributed by atoms with Gasteiger partial charge in [0.15, 0.2) is 11.5 Å². The highest BCUT2D eigenvalue weighted by molar-refractivity contribution is 5.43. The Morgan fingerprint density at radius 3 is 2.56 bits per heavy atom. The van der Waals surface area contributed by atoms with Gasteiger partial charge in [0.2, 0.25) is 0 Å². The van der Waals surface area contributed by atoms with Gasteiger partial charge in [-0.25, -0.2) is 0 Å². The molecule has 0 aliphatic carbocycles. The molecule has 0 saturated carbocycles. The first-order chi connectivity index (χ1) is 8.58. The van der Waals surface area contributed by atoms with E-state index in [0.717, 1.165) is 18.5 Å². The predicted octanol–water partition coefficient (Wildman–Crippen LogP) is 3.36. The van der Waals surface area contributed by atoms with Gasteiger partial charge in [0.05, 0.1) is 7.11 Å². The SMILES string of the molecule is CCCNC(C)c1ccc(OC(F)F)c(OC)c1. The monoisotopic (exact) mass is 259 g/mol. The quantitative estimate of drug-likeness (QED) is 0.814. The van der Waals surface area contributed by atoms with Crippen molar-refractivity contribution in [3.05, 3.63) is 23.8 Å². The van der Waals surface area contributed by atoms with E-state index >= 15 is 0 Å². The Morgan fingerprint density at radius 1 is 1.28 bits per heavy atom. The zero-order valence-corrected chi connectivity index (χ0v) is 10.9. The molecule has 0 bridgehead atoms. The van der Waals surface area contributed by atoms with Gasteiger partial charge >= 0.3 is 6.61 Å². The summed E-state index contributed by atoms with van der Waals surface area (Å²) < 4.78 is 33.8. The molecule has 5 heteroatoms. The van der Waals surface area contributed by atoms with Gasteiger partial charge in [-0.1, -0.05) is 13.0 Å². The predicted molar refractivity (Wildman–Crippen MR) is 66.3 cm³/mol. The summed E-state index contributed by atoms with van der Waals surface area (Å²) in [7, 11) is 1.43. The highest BCUT2D eigenvalue weighted by atomic mass is 19.3. The fraction of sp³-hybridized carbons (Fsp3) is 0.538. The fourth-order valence-electron chi connectivity index (χ4n) is 1.63. The lowest BCUT2D eigenvalue weighted by molar-refractivity contribution is -0.0512.